The first-order chi connectivity index (χ1) is 14.9. The zero-order chi connectivity index (χ0) is 21.4. The molecule has 0 bridgehead atoms. The van der Waals surface area contributed by atoms with E-state index in [0.717, 1.165) is 11.5 Å². The first kappa shape index (κ1) is 18.4. The van der Waals surface area contributed by atoms with Crippen molar-refractivity contribution in [3.8, 4) is 33.8 Å². The summed E-state index contributed by atoms with van der Waals surface area (Å²) < 4.78 is 6.40. The van der Waals surface area contributed by atoms with Crippen LogP contribution in [-0.4, -0.2) is 0 Å². The molecular weight excluding hydrogens is 376 g/mol. The minimum absolute atomic E-state index is 0.00457. The summed E-state index contributed by atoms with van der Waals surface area (Å²) in [5.41, 5.74) is 10.4. The van der Waals surface area contributed by atoms with E-state index in [0.29, 0.717) is 0 Å². The Morgan fingerprint density at radius 2 is 1.06 bits per heavy atom. The average Bonchev–Trinajstić information content (AvgIpc) is 3.01. The van der Waals surface area contributed by atoms with Crippen LogP contribution in [0.3, 0.4) is 0 Å². The highest BCUT2D eigenvalue weighted by Crippen LogP contribution is 2.56. The van der Waals surface area contributed by atoms with Crippen molar-refractivity contribution in [3.05, 3.63) is 107 Å². The Labute approximate surface area is 184 Å². The fourth-order valence-corrected chi connectivity index (χ4v) is 5.79. The van der Waals surface area contributed by atoms with Gasteiger partial charge in [-0.05, 0) is 45.5 Å². The third kappa shape index (κ3) is 2.38. The van der Waals surface area contributed by atoms with E-state index < -0.39 is 0 Å². The van der Waals surface area contributed by atoms with Crippen LogP contribution < -0.4 is 4.74 Å². The van der Waals surface area contributed by atoms with Gasteiger partial charge in [-0.3, -0.25) is 0 Å². The summed E-state index contributed by atoms with van der Waals surface area (Å²) in [7, 11) is 0. The summed E-state index contributed by atoms with van der Waals surface area (Å²) in [6.45, 7) is 9.31. The van der Waals surface area contributed by atoms with E-state index in [2.05, 4.69) is 107 Å². The standard InChI is InChI=1S/C30H26O/c1-29(2)22-14-6-5-11-21(22)27-19(12-9-16-24(27)29)20-13-10-18-26-28(20)30(3,4)23-15-7-8-17-25(23)31-26/h5-18H,1-4H3. The summed E-state index contributed by atoms with van der Waals surface area (Å²) in [5, 5.41) is 0. The molecule has 152 valence electrons. The Hall–Kier alpha value is -3.32. The molecule has 1 aliphatic heterocycles. The lowest BCUT2D eigenvalue weighted by atomic mass is 9.72. The van der Waals surface area contributed by atoms with Gasteiger partial charge in [-0.2, -0.15) is 0 Å². The molecule has 1 aliphatic carbocycles. The summed E-state index contributed by atoms with van der Waals surface area (Å²) in [6.07, 6.45) is 0. The first-order valence-electron chi connectivity index (χ1n) is 11.1. The van der Waals surface area contributed by atoms with Crippen LogP contribution in [0.5, 0.6) is 11.5 Å². The van der Waals surface area contributed by atoms with Crippen LogP contribution in [0.1, 0.15) is 49.9 Å². The van der Waals surface area contributed by atoms with E-state index in [1.165, 1.54) is 44.5 Å². The lowest BCUT2D eigenvalue weighted by molar-refractivity contribution is 0.419. The van der Waals surface area contributed by atoms with E-state index in [1.807, 2.05) is 6.07 Å². The normalized spacial score (nSPS) is 16.5. The van der Waals surface area contributed by atoms with Gasteiger partial charge in [-0.1, -0.05) is 100 Å². The van der Waals surface area contributed by atoms with Crippen LogP contribution in [-0.2, 0) is 10.8 Å². The van der Waals surface area contributed by atoms with Gasteiger partial charge >= 0.3 is 0 Å². The molecular formula is C30H26O. The molecule has 31 heavy (non-hydrogen) atoms. The Morgan fingerprint density at radius 3 is 1.90 bits per heavy atom. The molecule has 2 aliphatic rings. The van der Waals surface area contributed by atoms with Gasteiger partial charge in [-0.25, -0.2) is 0 Å². The first-order valence-corrected chi connectivity index (χ1v) is 11.1. The van der Waals surface area contributed by atoms with Crippen molar-refractivity contribution in [1.29, 1.82) is 0 Å². The van der Waals surface area contributed by atoms with Gasteiger partial charge in [0.05, 0.1) is 0 Å². The Kier molecular flexibility index (Phi) is 3.63. The number of para-hydroxylation sites is 1. The minimum atomic E-state index is -0.156. The van der Waals surface area contributed by atoms with Crippen molar-refractivity contribution in [3.63, 3.8) is 0 Å². The second-order valence-electron chi connectivity index (χ2n) is 9.80. The monoisotopic (exact) mass is 402 g/mol. The minimum Gasteiger partial charge on any atom is -0.457 e. The number of benzene rings is 4. The van der Waals surface area contributed by atoms with Crippen molar-refractivity contribution < 1.29 is 4.74 Å². The van der Waals surface area contributed by atoms with E-state index in [9.17, 15) is 0 Å². The molecule has 0 amide bonds. The van der Waals surface area contributed by atoms with Crippen LogP contribution in [0.25, 0.3) is 22.3 Å². The fourth-order valence-electron chi connectivity index (χ4n) is 5.79. The Balaban J connectivity index is 1.66. The average molecular weight is 403 g/mol. The van der Waals surface area contributed by atoms with Crippen molar-refractivity contribution in [1.82, 2.24) is 0 Å². The van der Waals surface area contributed by atoms with Crippen LogP contribution >= 0.6 is 0 Å². The van der Waals surface area contributed by atoms with Crippen LogP contribution in [0, 0.1) is 0 Å². The summed E-state index contributed by atoms with van der Waals surface area (Å²) in [6, 6.07) is 30.6. The highest BCUT2D eigenvalue weighted by molar-refractivity contribution is 5.94. The molecule has 0 spiro atoms. The third-order valence-electron chi connectivity index (χ3n) is 7.33. The van der Waals surface area contributed by atoms with Crippen LogP contribution in [0.2, 0.25) is 0 Å². The number of hydrogen-bond donors (Lipinski definition) is 0. The number of ether oxygens (including phenoxy) is 1. The molecule has 4 aromatic rings. The molecule has 1 heterocycles. The van der Waals surface area contributed by atoms with Gasteiger partial charge in [0.1, 0.15) is 11.5 Å². The molecule has 0 radical (unpaired) electrons. The predicted octanol–water partition coefficient (Wildman–Crippen LogP) is 8.09. The third-order valence-corrected chi connectivity index (χ3v) is 7.33. The van der Waals surface area contributed by atoms with Gasteiger partial charge in [0, 0.05) is 22.0 Å². The van der Waals surface area contributed by atoms with Gasteiger partial charge in [0.2, 0.25) is 0 Å². The molecule has 0 unspecified atom stereocenters. The molecule has 0 saturated heterocycles. The molecule has 1 nitrogen and oxygen atoms in total. The highest BCUT2D eigenvalue weighted by atomic mass is 16.5. The van der Waals surface area contributed by atoms with Crippen LogP contribution in [0.4, 0.5) is 0 Å². The van der Waals surface area contributed by atoms with Gasteiger partial charge in [0.15, 0.2) is 0 Å². The zero-order valence-electron chi connectivity index (χ0n) is 18.5. The fraction of sp³-hybridized carbons (Fsp3) is 0.200. The van der Waals surface area contributed by atoms with Crippen molar-refractivity contribution in [2.45, 2.75) is 38.5 Å². The van der Waals surface area contributed by atoms with Gasteiger partial charge in [-0.15, -0.1) is 0 Å². The molecule has 0 saturated carbocycles. The number of hydrogen-bond acceptors (Lipinski definition) is 1. The predicted molar refractivity (Wildman–Crippen MR) is 128 cm³/mol. The van der Waals surface area contributed by atoms with Crippen molar-refractivity contribution in [2.24, 2.45) is 0 Å². The lowest BCUT2D eigenvalue weighted by Gasteiger charge is -2.36. The quantitative estimate of drug-likeness (QED) is 0.312. The maximum absolute atomic E-state index is 6.40. The zero-order valence-corrected chi connectivity index (χ0v) is 18.5. The number of rotatable bonds is 1. The van der Waals surface area contributed by atoms with Crippen LogP contribution in [0.15, 0.2) is 84.9 Å². The second-order valence-corrected chi connectivity index (χ2v) is 9.80. The van der Waals surface area contributed by atoms with Gasteiger partial charge in [0.25, 0.3) is 0 Å². The molecule has 0 atom stereocenters. The summed E-state index contributed by atoms with van der Waals surface area (Å²) in [5.74, 6) is 1.92. The van der Waals surface area contributed by atoms with E-state index in [-0.39, 0.29) is 10.8 Å². The summed E-state index contributed by atoms with van der Waals surface area (Å²) in [4.78, 5) is 0. The maximum Gasteiger partial charge on any atom is 0.132 e. The second kappa shape index (κ2) is 6.11. The SMILES string of the molecule is CC1(C)c2ccccc2-c2c(-c3cccc4c3C(C)(C)c3ccccc3O4)cccc21. The molecule has 4 aromatic carbocycles. The molecule has 0 fully saturated rings. The molecule has 6 rings (SSSR count). The lowest BCUT2D eigenvalue weighted by Crippen LogP contribution is -2.25. The number of fused-ring (bicyclic) bond motifs is 5. The molecule has 0 N–H and O–H groups in total. The van der Waals surface area contributed by atoms with Crippen molar-refractivity contribution >= 4 is 0 Å². The van der Waals surface area contributed by atoms with E-state index >= 15 is 0 Å². The molecule has 1 heteroatoms. The maximum atomic E-state index is 6.40. The van der Waals surface area contributed by atoms with E-state index in [4.69, 9.17) is 4.74 Å². The summed E-state index contributed by atoms with van der Waals surface area (Å²) >= 11 is 0. The van der Waals surface area contributed by atoms with Crippen molar-refractivity contribution in [2.75, 3.05) is 0 Å². The Bertz CT molecular complexity index is 1360. The van der Waals surface area contributed by atoms with E-state index in [1.54, 1.807) is 0 Å². The highest BCUT2D eigenvalue weighted by Gasteiger charge is 2.39. The largest absolute Gasteiger partial charge is 0.457 e. The Morgan fingerprint density at radius 1 is 0.484 bits per heavy atom. The smallest absolute Gasteiger partial charge is 0.132 e. The topological polar surface area (TPSA) is 9.23 Å². The molecule has 0 aromatic heterocycles. The van der Waals surface area contributed by atoms with Gasteiger partial charge < -0.3 is 4.74 Å².